The van der Waals surface area contributed by atoms with Crippen LogP contribution in [0.3, 0.4) is 0 Å². The lowest BCUT2D eigenvalue weighted by atomic mass is 10.2. The molecule has 0 spiro atoms. The Hall–Kier alpha value is -1.82. The van der Waals surface area contributed by atoms with Crippen LogP contribution in [0.25, 0.3) is 0 Å². The molecule has 0 fully saturated rings. The van der Waals surface area contributed by atoms with E-state index in [4.69, 9.17) is 0 Å². The number of carbonyl (C=O) groups excluding carboxylic acids is 3. The number of nitrogens with one attached hydrogen (secondary N) is 1. The second kappa shape index (κ2) is 9.18. The van der Waals surface area contributed by atoms with Gasteiger partial charge in [0.1, 0.15) is 0 Å². The zero-order chi connectivity index (χ0) is 15.7. The minimum atomic E-state index is -0.199. The smallest absolute Gasteiger partial charge is 0.239 e. The molecule has 114 valence electrons. The summed E-state index contributed by atoms with van der Waals surface area (Å²) in [5.74, 6) is 0.127. The largest absolute Gasteiger partial charge is 0.358 e. The summed E-state index contributed by atoms with van der Waals surface area (Å²) in [6.45, 7) is 2.35. The van der Waals surface area contributed by atoms with Gasteiger partial charge in [-0.1, -0.05) is 30.3 Å². The Balaban J connectivity index is 2.38. The molecule has 0 aromatic heterocycles. The predicted octanol–water partition coefficient (Wildman–Crippen LogP) is 1.20. The maximum atomic E-state index is 12.0. The number of hydrogen-bond donors (Lipinski definition) is 1. The SMILES string of the molecule is CCN(CC(=O)NC)C(=O)CSCC(=O)c1ccccc1. The molecule has 0 saturated carbocycles. The molecule has 6 heteroatoms. The van der Waals surface area contributed by atoms with Gasteiger partial charge >= 0.3 is 0 Å². The Morgan fingerprint density at radius 1 is 1.14 bits per heavy atom. The summed E-state index contributed by atoms with van der Waals surface area (Å²) >= 11 is 1.27. The molecule has 1 aromatic rings. The van der Waals surface area contributed by atoms with Gasteiger partial charge in [0.05, 0.1) is 18.1 Å². The summed E-state index contributed by atoms with van der Waals surface area (Å²) in [5.41, 5.74) is 0.648. The number of rotatable bonds is 8. The van der Waals surface area contributed by atoms with Crippen LogP contribution in [0.1, 0.15) is 17.3 Å². The van der Waals surface area contributed by atoms with E-state index < -0.39 is 0 Å². The number of thioether (sulfide) groups is 1. The van der Waals surface area contributed by atoms with Gasteiger partial charge in [-0.3, -0.25) is 14.4 Å². The molecule has 0 radical (unpaired) electrons. The average molecular weight is 308 g/mol. The molecule has 0 heterocycles. The van der Waals surface area contributed by atoms with E-state index in [1.165, 1.54) is 23.7 Å². The van der Waals surface area contributed by atoms with Crippen LogP contribution in [0.15, 0.2) is 30.3 Å². The van der Waals surface area contributed by atoms with E-state index in [9.17, 15) is 14.4 Å². The van der Waals surface area contributed by atoms with Crippen molar-refractivity contribution in [3.05, 3.63) is 35.9 Å². The van der Waals surface area contributed by atoms with E-state index in [1.807, 2.05) is 25.1 Å². The van der Waals surface area contributed by atoms with Crippen molar-refractivity contribution in [1.29, 1.82) is 0 Å². The van der Waals surface area contributed by atoms with Gasteiger partial charge in [-0.05, 0) is 6.92 Å². The third kappa shape index (κ3) is 5.99. The van der Waals surface area contributed by atoms with Gasteiger partial charge in [-0.25, -0.2) is 0 Å². The van der Waals surface area contributed by atoms with E-state index in [1.54, 1.807) is 12.1 Å². The Bertz CT molecular complexity index is 491. The Labute approximate surface area is 129 Å². The van der Waals surface area contributed by atoms with E-state index in [2.05, 4.69) is 5.32 Å². The molecular weight excluding hydrogens is 288 g/mol. The lowest BCUT2D eigenvalue weighted by molar-refractivity contribution is -0.133. The highest BCUT2D eigenvalue weighted by Gasteiger charge is 2.15. The first kappa shape index (κ1) is 17.2. The van der Waals surface area contributed by atoms with E-state index >= 15 is 0 Å². The van der Waals surface area contributed by atoms with Gasteiger partial charge in [-0.15, -0.1) is 11.8 Å². The van der Waals surface area contributed by atoms with Crippen molar-refractivity contribution >= 4 is 29.4 Å². The first-order chi connectivity index (χ1) is 10.1. The van der Waals surface area contributed by atoms with Crippen LogP contribution >= 0.6 is 11.8 Å². The third-order valence-electron chi connectivity index (χ3n) is 2.90. The summed E-state index contributed by atoms with van der Waals surface area (Å²) in [7, 11) is 1.54. The van der Waals surface area contributed by atoms with Crippen LogP contribution < -0.4 is 5.32 Å². The number of likely N-dealkylation sites (N-methyl/N-ethyl adjacent to an activating group) is 2. The molecule has 1 aromatic carbocycles. The first-order valence-electron chi connectivity index (χ1n) is 6.72. The van der Waals surface area contributed by atoms with Crippen molar-refractivity contribution in [2.75, 3.05) is 31.6 Å². The first-order valence-corrected chi connectivity index (χ1v) is 7.88. The van der Waals surface area contributed by atoms with Crippen molar-refractivity contribution in [1.82, 2.24) is 10.2 Å². The monoisotopic (exact) mass is 308 g/mol. The van der Waals surface area contributed by atoms with Gasteiger partial charge in [0, 0.05) is 19.2 Å². The van der Waals surface area contributed by atoms with E-state index in [0.29, 0.717) is 12.1 Å². The van der Waals surface area contributed by atoms with Crippen molar-refractivity contribution in [3.63, 3.8) is 0 Å². The van der Waals surface area contributed by atoms with Crippen molar-refractivity contribution in [2.24, 2.45) is 0 Å². The maximum Gasteiger partial charge on any atom is 0.239 e. The molecule has 1 rings (SSSR count). The summed E-state index contributed by atoms with van der Waals surface area (Å²) in [5, 5.41) is 2.49. The molecule has 0 aliphatic heterocycles. The predicted molar refractivity (Wildman–Crippen MR) is 84.4 cm³/mol. The third-order valence-corrected chi connectivity index (χ3v) is 3.82. The van der Waals surface area contributed by atoms with Crippen molar-refractivity contribution in [2.45, 2.75) is 6.92 Å². The molecule has 5 nitrogen and oxygen atoms in total. The number of Topliss-reactive ketones (excluding diaryl/α,β-unsaturated/α-hetero) is 1. The molecule has 0 saturated heterocycles. The second-order valence-corrected chi connectivity index (χ2v) is 5.35. The van der Waals surface area contributed by atoms with Crippen LogP contribution in [-0.2, 0) is 9.59 Å². The van der Waals surface area contributed by atoms with Gasteiger partial charge in [0.25, 0.3) is 0 Å². The maximum absolute atomic E-state index is 12.0. The quantitative estimate of drug-likeness (QED) is 0.733. The van der Waals surface area contributed by atoms with Crippen LogP contribution in [0, 0.1) is 0 Å². The second-order valence-electron chi connectivity index (χ2n) is 4.36. The minimum Gasteiger partial charge on any atom is -0.358 e. The molecular formula is C15H20N2O3S. The average Bonchev–Trinajstić information content (AvgIpc) is 2.52. The minimum absolute atomic E-state index is 0.00255. The number of hydrogen-bond acceptors (Lipinski definition) is 4. The van der Waals surface area contributed by atoms with Gasteiger partial charge < -0.3 is 10.2 Å². The molecule has 2 amide bonds. The topological polar surface area (TPSA) is 66.5 Å². The van der Waals surface area contributed by atoms with Crippen LogP contribution in [0.5, 0.6) is 0 Å². The van der Waals surface area contributed by atoms with Gasteiger partial charge in [-0.2, -0.15) is 0 Å². The number of benzene rings is 1. The van der Waals surface area contributed by atoms with E-state index in [0.717, 1.165) is 0 Å². The Morgan fingerprint density at radius 3 is 2.38 bits per heavy atom. The summed E-state index contributed by atoms with van der Waals surface area (Å²) in [6, 6.07) is 8.99. The number of amides is 2. The molecule has 0 unspecified atom stereocenters. The molecule has 1 N–H and O–H groups in total. The lowest BCUT2D eigenvalue weighted by Gasteiger charge is -2.19. The lowest BCUT2D eigenvalue weighted by Crippen LogP contribution is -2.40. The van der Waals surface area contributed by atoms with Crippen molar-refractivity contribution < 1.29 is 14.4 Å². The normalized spacial score (nSPS) is 10.0. The number of carbonyl (C=O) groups is 3. The Morgan fingerprint density at radius 2 is 1.81 bits per heavy atom. The van der Waals surface area contributed by atoms with Crippen molar-refractivity contribution in [3.8, 4) is 0 Å². The van der Waals surface area contributed by atoms with Crippen LogP contribution in [0.4, 0.5) is 0 Å². The fourth-order valence-electron chi connectivity index (χ4n) is 1.66. The summed E-state index contributed by atoms with van der Waals surface area (Å²) in [6.07, 6.45) is 0. The van der Waals surface area contributed by atoms with E-state index in [-0.39, 0.29) is 35.6 Å². The highest BCUT2D eigenvalue weighted by Crippen LogP contribution is 2.08. The fraction of sp³-hybridized carbons (Fsp3) is 0.400. The molecule has 0 atom stereocenters. The standard InChI is InChI=1S/C15H20N2O3S/c1-3-17(9-14(19)16-2)15(20)11-21-10-13(18)12-7-5-4-6-8-12/h4-8H,3,9-11H2,1-2H3,(H,16,19). The Kier molecular flexibility index (Phi) is 7.53. The summed E-state index contributed by atoms with van der Waals surface area (Å²) in [4.78, 5) is 36.6. The van der Waals surface area contributed by atoms with Gasteiger partial charge in [0.2, 0.25) is 11.8 Å². The zero-order valence-electron chi connectivity index (χ0n) is 12.3. The molecule has 0 bridgehead atoms. The molecule has 21 heavy (non-hydrogen) atoms. The zero-order valence-corrected chi connectivity index (χ0v) is 13.1. The van der Waals surface area contributed by atoms with Gasteiger partial charge in [0.15, 0.2) is 5.78 Å². The number of ketones is 1. The van der Waals surface area contributed by atoms with Crippen LogP contribution in [-0.4, -0.2) is 54.1 Å². The number of nitrogens with zero attached hydrogens (tertiary/aromatic N) is 1. The molecule has 0 aliphatic rings. The highest BCUT2D eigenvalue weighted by atomic mass is 32.2. The molecule has 0 aliphatic carbocycles. The highest BCUT2D eigenvalue weighted by molar-refractivity contribution is 8.00. The van der Waals surface area contributed by atoms with Crippen LogP contribution in [0.2, 0.25) is 0 Å². The summed E-state index contributed by atoms with van der Waals surface area (Å²) < 4.78 is 0. The fourth-order valence-corrected chi connectivity index (χ4v) is 2.47.